The Hall–Kier alpha value is -2.33. The summed E-state index contributed by atoms with van der Waals surface area (Å²) in [5.41, 5.74) is 1.72. The number of ether oxygens (including phenoxy) is 1. The quantitative estimate of drug-likeness (QED) is 0.802. The van der Waals surface area contributed by atoms with E-state index in [-0.39, 0.29) is 11.5 Å². The summed E-state index contributed by atoms with van der Waals surface area (Å²) in [6.07, 6.45) is 6.42. The first kappa shape index (κ1) is 16.0. The number of carbonyl (C=O) groups is 1. The van der Waals surface area contributed by atoms with Gasteiger partial charge in [-0.15, -0.1) is 0 Å². The van der Waals surface area contributed by atoms with Gasteiger partial charge in [0.05, 0.1) is 7.11 Å². The third-order valence-corrected chi connectivity index (χ3v) is 3.43. The molecule has 0 fully saturated rings. The maximum atomic E-state index is 11.8. The van der Waals surface area contributed by atoms with Gasteiger partial charge in [0.15, 0.2) is 17.3 Å². The molecule has 0 aliphatic heterocycles. The van der Waals surface area contributed by atoms with Crippen molar-refractivity contribution in [1.82, 2.24) is 0 Å². The monoisotopic (exact) mass is 358 g/mol. The molecule has 1 N–H and O–H groups in total. The first-order valence-electron chi connectivity index (χ1n) is 6.61. The normalized spacial score (nSPS) is 11.2. The predicted molar refractivity (Wildman–Crippen MR) is 91.9 cm³/mol. The molecule has 0 saturated heterocycles. The number of methoxy groups -OCH3 is 1. The van der Waals surface area contributed by atoms with E-state index >= 15 is 0 Å². The van der Waals surface area contributed by atoms with Crippen LogP contribution in [0.4, 0.5) is 0 Å². The van der Waals surface area contributed by atoms with Gasteiger partial charge < -0.3 is 9.84 Å². The summed E-state index contributed by atoms with van der Waals surface area (Å²) < 4.78 is 5.99. The van der Waals surface area contributed by atoms with E-state index in [2.05, 4.69) is 15.9 Å². The van der Waals surface area contributed by atoms with Crippen molar-refractivity contribution >= 4 is 33.9 Å². The third kappa shape index (κ3) is 4.60. The lowest BCUT2D eigenvalue weighted by Crippen LogP contribution is -1.87. The Morgan fingerprint density at radius 1 is 1.09 bits per heavy atom. The highest BCUT2D eigenvalue weighted by Gasteiger charge is 2.00. The van der Waals surface area contributed by atoms with Crippen LogP contribution in [0.1, 0.15) is 11.1 Å². The minimum absolute atomic E-state index is 0.0699. The summed E-state index contributed by atoms with van der Waals surface area (Å²) in [6.45, 7) is 0. The van der Waals surface area contributed by atoms with E-state index in [4.69, 9.17) is 4.74 Å². The zero-order valence-electron chi connectivity index (χ0n) is 12.0. The number of hydrogen-bond donors (Lipinski definition) is 1. The van der Waals surface area contributed by atoms with Crippen LogP contribution in [-0.2, 0) is 4.79 Å². The average Bonchev–Trinajstić information content (AvgIpc) is 2.52. The van der Waals surface area contributed by atoms with E-state index in [1.807, 2.05) is 24.3 Å². The van der Waals surface area contributed by atoms with Crippen molar-refractivity contribution in [2.24, 2.45) is 0 Å². The number of rotatable bonds is 5. The van der Waals surface area contributed by atoms with Crippen molar-refractivity contribution in [2.45, 2.75) is 0 Å². The molecule has 2 rings (SSSR count). The zero-order valence-corrected chi connectivity index (χ0v) is 13.6. The van der Waals surface area contributed by atoms with E-state index in [1.54, 1.807) is 24.3 Å². The lowest BCUT2D eigenvalue weighted by atomic mass is 10.1. The van der Waals surface area contributed by atoms with Crippen molar-refractivity contribution in [2.75, 3.05) is 7.11 Å². The molecule has 2 aromatic rings. The van der Waals surface area contributed by atoms with Gasteiger partial charge in [0, 0.05) is 4.47 Å². The first-order chi connectivity index (χ1) is 10.6. The molecule has 4 heteroatoms. The molecule has 0 atom stereocenters. The molecular formula is C18H15BrO3. The van der Waals surface area contributed by atoms with Gasteiger partial charge in [-0.3, -0.25) is 4.79 Å². The number of phenols is 1. The molecule has 3 nitrogen and oxygen atoms in total. The summed E-state index contributed by atoms with van der Waals surface area (Å²) in [7, 11) is 1.48. The van der Waals surface area contributed by atoms with Gasteiger partial charge in [-0.05, 0) is 47.5 Å². The SMILES string of the molecule is COc1cc(/C=C/C(=O)/C=C/c2cccc(Br)c2)ccc1O. The van der Waals surface area contributed by atoms with Crippen LogP contribution in [0.3, 0.4) is 0 Å². The Balaban J connectivity index is 2.05. The van der Waals surface area contributed by atoms with Crippen LogP contribution in [0, 0.1) is 0 Å². The van der Waals surface area contributed by atoms with Crippen molar-refractivity contribution in [1.29, 1.82) is 0 Å². The van der Waals surface area contributed by atoms with Crippen molar-refractivity contribution in [3.05, 3.63) is 70.2 Å². The lowest BCUT2D eigenvalue weighted by Gasteiger charge is -2.03. The second-order valence-corrected chi connectivity index (χ2v) is 5.47. The molecule has 0 spiro atoms. The number of hydrogen-bond acceptors (Lipinski definition) is 3. The predicted octanol–water partition coefficient (Wildman–Crippen LogP) is 4.46. The highest BCUT2D eigenvalue weighted by Crippen LogP contribution is 2.26. The molecule has 0 aromatic heterocycles. The molecule has 0 aliphatic rings. The van der Waals surface area contributed by atoms with Crippen LogP contribution < -0.4 is 4.74 Å². The Kier molecular flexibility index (Phi) is 5.55. The third-order valence-electron chi connectivity index (χ3n) is 2.93. The van der Waals surface area contributed by atoms with Crippen LogP contribution in [0.25, 0.3) is 12.2 Å². The summed E-state index contributed by atoms with van der Waals surface area (Å²) in [5.74, 6) is 0.326. The van der Waals surface area contributed by atoms with Crippen molar-refractivity contribution < 1.29 is 14.6 Å². The first-order valence-corrected chi connectivity index (χ1v) is 7.40. The Bertz CT molecular complexity index is 733. The maximum absolute atomic E-state index is 11.8. The standard InChI is InChI=1S/C18H15BrO3/c1-22-18-12-14(7-10-17(18)21)6-9-16(20)8-5-13-3-2-4-15(19)11-13/h2-12,21H,1H3/b8-5+,9-6+. The van der Waals surface area contributed by atoms with Gasteiger partial charge in [0.25, 0.3) is 0 Å². The fourth-order valence-corrected chi connectivity index (χ4v) is 2.24. The minimum atomic E-state index is -0.119. The largest absolute Gasteiger partial charge is 0.504 e. The minimum Gasteiger partial charge on any atom is -0.504 e. The smallest absolute Gasteiger partial charge is 0.178 e. The highest BCUT2D eigenvalue weighted by atomic mass is 79.9. The molecular weight excluding hydrogens is 344 g/mol. The molecule has 0 radical (unpaired) electrons. The summed E-state index contributed by atoms with van der Waals surface area (Å²) in [4.78, 5) is 11.8. The fourth-order valence-electron chi connectivity index (χ4n) is 1.82. The number of phenolic OH excluding ortho intramolecular Hbond substituents is 1. The Morgan fingerprint density at radius 2 is 1.77 bits per heavy atom. The van der Waals surface area contributed by atoms with Gasteiger partial charge in [-0.25, -0.2) is 0 Å². The number of halogens is 1. The number of allylic oxidation sites excluding steroid dienone is 2. The molecule has 112 valence electrons. The molecule has 0 saturated carbocycles. The summed E-state index contributed by atoms with van der Waals surface area (Å²) in [5, 5.41) is 9.51. The fraction of sp³-hybridized carbons (Fsp3) is 0.0556. The molecule has 0 unspecified atom stereocenters. The van der Waals surface area contributed by atoms with Crippen LogP contribution >= 0.6 is 15.9 Å². The Labute approximate surface area is 137 Å². The van der Waals surface area contributed by atoms with E-state index in [1.165, 1.54) is 25.3 Å². The van der Waals surface area contributed by atoms with Gasteiger partial charge >= 0.3 is 0 Å². The van der Waals surface area contributed by atoms with Gasteiger partial charge in [0.2, 0.25) is 0 Å². The zero-order chi connectivity index (χ0) is 15.9. The van der Waals surface area contributed by atoms with Crippen molar-refractivity contribution in [3.8, 4) is 11.5 Å². The number of benzene rings is 2. The second kappa shape index (κ2) is 7.61. The molecule has 2 aromatic carbocycles. The van der Waals surface area contributed by atoms with E-state index in [9.17, 15) is 9.90 Å². The van der Waals surface area contributed by atoms with Gasteiger partial charge in [0.1, 0.15) is 0 Å². The molecule has 0 amide bonds. The summed E-state index contributed by atoms with van der Waals surface area (Å²) >= 11 is 3.38. The van der Waals surface area contributed by atoms with Gasteiger partial charge in [-0.1, -0.05) is 46.3 Å². The number of ketones is 1. The average molecular weight is 359 g/mol. The van der Waals surface area contributed by atoms with Crippen LogP contribution in [-0.4, -0.2) is 18.0 Å². The number of carbonyl (C=O) groups excluding carboxylic acids is 1. The maximum Gasteiger partial charge on any atom is 0.178 e. The summed E-state index contributed by atoms with van der Waals surface area (Å²) in [6, 6.07) is 12.6. The van der Waals surface area contributed by atoms with Crippen molar-refractivity contribution in [3.63, 3.8) is 0 Å². The Morgan fingerprint density at radius 3 is 2.41 bits per heavy atom. The molecule has 0 bridgehead atoms. The lowest BCUT2D eigenvalue weighted by molar-refractivity contribution is -0.110. The molecule has 0 aliphatic carbocycles. The highest BCUT2D eigenvalue weighted by molar-refractivity contribution is 9.10. The molecule has 0 heterocycles. The van der Waals surface area contributed by atoms with Gasteiger partial charge in [-0.2, -0.15) is 0 Å². The van der Waals surface area contributed by atoms with E-state index in [0.29, 0.717) is 5.75 Å². The van der Waals surface area contributed by atoms with Crippen LogP contribution in [0.5, 0.6) is 11.5 Å². The topological polar surface area (TPSA) is 46.5 Å². The van der Waals surface area contributed by atoms with E-state index in [0.717, 1.165) is 15.6 Å². The van der Waals surface area contributed by atoms with E-state index < -0.39 is 0 Å². The second-order valence-electron chi connectivity index (χ2n) is 4.56. The van der Waals surface area contributed by atoms with Crippen LogP contribution in [0.2, 0.25) is 0 Å². The van der Waals surface area contributed by atoms with Crippen LogP contribution in [0.15, 0.2) is 59.1 Å². The number of aromatic hydroxyl groups is 1. The molecule has 22 heavy (non-hydrogen) atoms.